The smallest absolute Gasteiger partial charge is 0.230 e. The molecule has 1 amide bonds. The minimum atomic E-state index is -0.201. The van der Waals surface area contributed by atoms with E-state index in [1.165, 1.54) is 11.8 Å². The third-order valence-corrected chi connectivity index (χ3v) is 5.37. The summed E-state index contributed by atoms with van der Waals surface area (Å²) in [6.45, 7) is 0.803. The molecule has 7 nitrogen and oxygen atoms in total. The first-order valence-corrected chi connectivity index (χ1v) is 9.89. The Labute approximate surface area is 158 Å². The van der Waals surface area contributed by atoms with Crippen molar-refractivity contribution in [3.8, 4) is 22.2 Å². The highest BCUT2D eigenvalue weighted by atomic mass is 32.2. The van der Waals surface area contributed by atoms with E-state index in [1.807, 2.05) is 41.8 Å². The van der Waals surface area contributed by atoms with E-state index in [1.54, 1.807) is 11.3 Å². The second-order valence-corrected chi connectivity index (χ2v) is 7.42. The number of ether oxygens (including phenoxy) is 2. The largest absolute Gasteiger partial charge is 0.486 e. The summed E-state index contributed by atoms with van der Waals surface area (Å²) >= 11 is 2.87. The molecule has 0 radical (unpaired) electrons. The van der Waals surface area contributed by atoms with Crippen LogP contribution in [0.5, 0.6) is 11.5 Å². The fourth-order valence-corrected chi connectivity index (χ4v) is 3.70. The number of nitrogens with zero attached hydrogens (tertiary/aromatic N) is 2. The lowest BCUT2D eigenvalue weighted by Gasteiger charge is -2.26. The molecule has 1 aliphatic heterocycles. The molecule has 0 bridgehead atoms. The molecule has 1 unspecified atom stereocenters. The number of H-pyrrole nitrogens is 1. The molecule has 0 spiro atoms. The molecule has 3 heterocycles. The number of nitrogens with one attached hydrogen (secondary N) is 2. The molecule has 134 valence electrons. The summed E-state index contributed by atoms with van der Waals surface area (Å²) in [4.78, 5) is 17.4. The van der Waals surface area contributed by atoms with Gasteiger partial charge in [-0.15, -0.1) is 16.4 Å². The normalized spacial score (nSPS) is 15.6. The van der Waals surface area contributed by atoms with E-state index in [0.29, 0.717) is 29.9 Å². The van der Waals surface area contributed by atoms with E-state index in [0.717, 1.165) is 10.6 Å². The lowest BCUT2D eigenvalue weighted by molar-refractivity contribution is -0.119. The number of aromatic amines is 1. The van der Waals surface area contributed by atoms with E-state index in [2.05, 4.69) is 20.5 Å². The maximum absolute atomic E-state index is 12.0. The monoisotopic (exact) mass is 388 g/mol. The average molecular weight is 388 g/mol. The number of thiophene rings is 1. The van der Waals surface area contributed by atoms with Crippen LogP contribution in [-0.4, -0.2) is 46.1 Å². The van der Waals surface area contributed by atoms with Crippen molar-refractivity contribution in [2.45, 2.75) is 11.3 Å². The van der Waals surface area contributed by atoms with E-state index in [9.17, 15) is 4.79 Å². The number of thioether (sulfide) groups is 1. The van der Waals surface area contributed by atoms with Gasteiger partial charge in [0.05, 0.1) is 17.2 Å². The molecular formula is C17H16N4O3S2. The Kier molecular flexibility index (Phi) is 5.07. The van der Waals surface area contributed by atoms with Crippen LogP contribution >= 0.6 is 23.1 Å². The van der Waals surface area contributed by atoms with Crippen molar-refractivity contribution in [2.24, 2.45) is 0 Å². The number of rotatable bonds is 6. The number of benzene rings is 1. The highest BCUT2D eigenvalue weighted by molar-refractivity contribution is 7.99. The molecule has 26 heavy (non-hydrogen) atoms. The number of fused-ring (bicyclic) bond motifs is 1. The fourth-order valence-electron chi connectivity index (χ4n) is 2.41. The summed E-state index contributed by atoms with van der Waals surface area (Å²) in [6, 6.07) is 11.4. The topological polar surface area (TPSA) is 89.1 Å². The zero-order chi connectivity index (χ0) is 17.8. The van der Waals surface area contributed by atoms with Gasteiger partial charge in [0.15, 0.2) is 17.3 Å². The van der Waals surface area contributed by atoms with E-state index >= 15 is 0 Å². The number of carbonyl (C=O) groups is 1. The molecule has 2 aromatic heterocycles. The van der Waals surface area contributed by atoms with Crippen LogP contribution in [0.3, 0.4) is 0 Å². The quantitative estimate of drug-likeness (QED) is 0.631. The molecule has 1 aliphatic rings. The Balaban J connectivity index is 1.23. The zero-order valence-electron chi connectivity index (χ0n) is 13.7. The van der Waals surface area contributed by atoms with Crippen molar-refractivity contribution in [3.05, 3.63) is 41.8 Å². The zero-order valence-corrected chi connectivity index (χ0v) is 15.3. The average Bonchev–Trinajstić information content (AvgIpc) is 3.36. The van der Waals surface area contributed by atoms with Crippen LogP contribution in [0.25, 0.3) is 10.7 Å². The molecular weight excluding hydrogens is 372 g/mol. The second-order valence-electron chi connectivity index (χ2n) is 5.53. The van der Waals surface area contributed by atoms with Gasteiger partial charge in [-0.25, -0.2) is 4.98 Å². The molecule has 0 saturated heterocycles. The van der Waals surface area contributed by atoms with E-state index < -0.39 is 0 Å². The van der Waals surface area contributed by atoms with Crippen molar-refractivity contribution >= 4 is 29.0 Å². The maximum Gasteiger partial charge on any atom is 0.230 e. The highest BCUT2D eigenvalue weighted by Crippen LogP contribution is 2.30. The van der Waals surface area contributed by atoms with Crippen LogP contribution in [-0.2, 0) is 4.79 Å². The standard InChI is InChI=1S/C17H16N4O3S2/c22-15(10-26-17-19-16(20-21-17)14-6-3-7-25-14)18-8-11-9-23-12-4-1-2-5-13(12)24-11/h1-7,11H,8-10H2,(H,18,22)(H,19,20,21). The summed E-state index contributed by atoms with van der Waals surface area (Å²) in [5.74, 6) is 2.30. The summed E-state index contributed by atoms with van der Waals surface area (Å²) in [5, 5.41) is 12.4. The minimum absolute atomic E-state index is 0.0973. The summed E-state index contributed by atoms with van der Waals surface area (Å²) in [5.41, 5.74) is 0. The first-order valence-electron chi connectivity index (χ1n) is 8.02. The first-order chi connectivity index (χ1) is 12.8. The van der Waals surface area contributed by atoms with Gasteiger partial charge in [-0.05, 0) is 23.6 Å². The SMILES string of the molecule is O=C(CSc1n[nH]c(-c2cccs2)n1)NCC1COc2ccccc2O1. The van der Waals surface area contributed by atoms with Gasteiger partial charge < -0.3 is 14.8 Å². The Morgan fingerprint density at radius 2 is 2.19 bits per heavy atom. The predicted molar refractivity (Wildman–Crippen MR) is 99.8 cm³/mol. The van der Waals surface area contributed by atoms with Crippen molar-refractivity contribution < 1.29 is 14.3 Å². The number of para-hydroxylation sites is 2. The van der Waals surface area contributed by atoms with Crippen LogP contribution in [0.2, 0.25) is 0 Å². The lowest BCUT2D eigenvalue weighted by atomic mass is 10.2. The number of amides is 1. The van der Waals surface area contributed by atoms with E-state index in [-0.39, 0.29) is 17.8 Å². The van der Waals surface area contributed by atoms with Gasteiger partial charge in [0.25, 0.3) is 0 Å². The van der Waals surface area contributed by atoms with Gasteiger partial charge in [0.1, 0.15) is 12.7 Å². The molecule has 0 aliphatic carbocycles. The highest BCUT2D eigenvalue weighted by Gasteiger charge is 2.21. The second kappa shape index (κ2) is 7.79. The minimum Gasteiger partial charge on any atom is -0.486 e. The Morgan fingerprint density at radius 1 is 1.31 bits per heavy atom. The number of carbonyl (C=O) groups excluding carboxylic acids is 1. The Morgan fingerprint density at radius 3 is 3.04 bits per heavy atom. The van der Waals surface area contributed by atoms with Crippen molar-refractivity contribution in [2.75, 3.05) is 18.9 Å². The van der Waals surface area contributed by atoms with Gasteiger partial charge in [-0.1, -0.05) is 30.0 Å². The van der Waals surface area contributed by atoms with Gasteiger partial charge in [0.2, 0.25) is 11.1 Å². The number of hydrogen-bond acceptors (Lipinski definition) is 7. The lowest BCUT2D eigenvalue weighted by Crippen LogP contribution is -2.41. The summed E-state index contributed by atoms with van der Waals surface area (Å²) in [7, 11) is 0. The Hall–Kier alpha value is -2.52. The third-order valence-electron chi connectivity index (χ3n) is 3.65. The van der Waals surface area contributed by atoms with Crippen molar-refractivity contribution in [1.29, 1.82) is 0 Å². The van der Waals surface area contributed by atoms with Gasteiger partial charge in [-0.3, -0.25) is 9.89 Å². The van der Waals surface area contributed by atoms with Crippen LogP contribution < -0.4 is 14.8 Å². The molecule has 2 N–H and O–H groups in total. The molecule has 0 saturated carbocycles. The van der Waals surface area contributed by atoms with Crippen molar-refractivity contribution in [1.82, 2.24) is 20.5 Å². The summed E-state index contributed by atoms with van der Waals surface area (Å²) in [6.07, 6.45) is -0.201. The predicted octanol–water partition coefficient (Wildman–Crippen LogP) is 2.58. The Bertz CT molecular complexity index is 882. The maximum atomic E-state index is 12.0. The van der Waals surface area contributed by atoms with Gasteiger partial charge in [0, 0.05) is 0 Å². The third kappa shape index (κ3) is 4.00. The molecule has 0 fully saturated rings. The van der Waals surface area contributed by atoms with E-state index in [4.69, 9.17) is 9.47 Å². The number of hydrogen-bond donors (Lipinski definition) is 2. The van der Waals surface area contributed by atoms with Crippen molar-refractivity contribution in [3.63, 3.8) is 0 Å². The molecule has 1 aromatic carbocycles. The van der Waals surface area contributed by atoms with Crippen LogP contribution in [0, 0.1) is 0 Å². The first kappa shape index (κ1) is 16.9. The fraction of sp³-hybridized carbons (Fsp3) is 0.235. The molecule has 3 aromatic rings. The van der Waals surface area contributed by atoms with Gasteiger partial charge in [-0.2, -0.15) is 0 Å². The van der Waals surface area contributed by atoms with Crippen LogP contribution in [0.15, 0.2) is 46.9 Å². The van der Waals surface area contributed by atoms with Crippen LogP contribution in [0.1, 0.15) is 0 Å². The van der Waals surface area contributed by atoms with Crippen LogP contribution in [0.4, 0.5) is 0 Å². The summed E-state index contributed by atoms with van der Waals surface area (Å²) < 4.78 is 11.4. The number of aromatic nitrogens is 3. The molecule has 9 heteroatoms. The molecule has 1 atom stereocenters. The molecule has 4 rings (SSSR count). The van der Waals surface area contributed by atoms with Gasteiger partial charge >= 0.3 is 0 Å².